The molecule has 0 spiro atoms. The van der Waals surface area contributed by atoms with E-state index in [0.29, 0.717) is 12.4 Å². The van der Waals surface area contributed by atoms with Crippen molar-refractivity contribution in [3.8, 4) is 11.4 Å². The maximum atomic E-state index is 6.10. The van der Waals surface area contributed by atoms with Crippen LogP contribution in [-0.4, -0.2) is 33.8 Å². The second-order valence-corrected chi connectivity index (χ2v) is 6.90. The maximum Gasteiger partial charge on any atom is 0.159 e. The Morgan fingerprint density at radius 3 is 2.81 bits per heavy atom. The van der Waals surface area contributed by atoms with Crippen LogP contribution in [0.2, 0.25) is 0 Å². The summed E-state index contributed by atoms with van der Waals surface area (Å²) in [6.07, 6.45) is 2.07. The third-order valence-corrected chi connectivity index (χ3v) is 5.30. The predicted molar refractivity (Wildman–Crippen MR) is 105 cm³/mol. The van der Waals surface area contributed by atoms with E-state index in [1.54, 1.807) is 18.9 Å². The summed E-state index contributed by atoms with van der Waals surface area (Å²) in [5, 5.41) is 8.49. The van der Waals surface area contributed by atoms with Crippen LogP contribution in [0.1, 0.15) is 22.8 Å². The first kappa shape index (κ1) is 17.1. The molecule has 0 aliphatic carbocycles. The van der Waals surface area contributed by atoms with E-state index in [9.17, 15) is 0 Å². The summed E-state index contributed by atoms with van der Waals surface area (Å²) >= 11 is 7.80. The van der Waals surface area contributed by atoms with E-state index in [0.717, 1.165) is 34.1 Å². The Bertz CT molecular complexity index is 999. The van der Waals surface area contributed by atoms with Gasteiger partial charge in [0.25, 0.3) is 0 Å². The van der Waals surface area contributed by atoms with Crippen molar-refractivity contribution in [2.75, 3.05) is 13.4 Å². The summed E-state index contributed by atoms with van der Waals surface area (Å²) in [7, 11) is 1.67. The molecule has 1 aromatic heterocycles. The molecule has 0 saturated heterocycles. The molecule has 0 unspecified atom stereocenters. The van der Waals surface area contributed by atoms with Crippen LogP contribution >= 0.6 is 23.4 Å². The van der Waals surface area contributed by atoms with E-state index in [-0.39, 0.29) is 5.88 Å². The van der Waals surface area contributed by atoms with Gasteiger partial charge in [-0.1, -0.05) is 18.2 Å². The maximum absolute atomic E-state index is 6.10. The van der Waals surface area contributed by atoms with Crippen LogP contribution < -0.4 is 4.74 Å². The number of halogens is 1. The normalized spacial score (nSPS) is 12.8. The van der Waals surface area contributed by atoms with E-state index in [1.165, 1.54) is 4.90 Å². The Balaban J connectivity index is 2.00. The molecular formula is C19H17ClN4OS. The van der Waals surface area contributed by atoms with Gasteiger partial charge >= 0.3 is 0 Å². The van der Waals surface area contributed by atoms with Gasteiger partial charge < -0.3 is 4.74 Å². The van der Waals surface area contributed by atoms with Gasteiger partial charge in [0.15, 0.2) is 11.6 Å². The number of aliphatic imine (C=N–C) groups is 1. The number of aromatic nitrogens is 3. The largest absolute Gasteiger partial charge is 0.496 e. The van der Waals surface area contributed by atoms with E-state index in [1.807, 2.05) is 28.8 Å². The number of benzene rings is 2. The quantitative estimate of drug-likeness (QED) is 0.502. The lowest BCUT2D eigenvalue weighted by molar-refractivity contribution is 0.414. The summed E-state index contributed by atoms with van der Waals surface area (Å²) in [6.45, 7) is 0.431. The molecule has 2 heterocycles. The highest BCUT2D eigenvalue weighted by molar-refractivity contribution is 7.98. The summed E-state index contributed by atoms with van der Waals surface area (Å²) in [6, 6.07) is 14.3. The lowest BCUT2D eigenvalue weighted by Crippen LogP contribution is -2.11. The fourth-order valence-corrected chi connectivity index (χ4v) is 3.80. The number of ether oxygens (including phenoxy) is 1. The minimum absolute atomic E-state index is 0.279. The molecule has 0 bridgehead atoms. The van der Waals surface area contributed by atoms with Crippen molar-refractivity contribution in [3.05, 3.63) is 65.2 Å². The second-order valence-electron chi connectivity index (χ2n) is 5.75. The highest BCUT2D eigenvalue weighted by Crippen LogP contribution is 2.33. The average Bonchev–Trinajstić information content (AvgIpc) is 3.03. The van der Waals surface area contributed by atoms with Crippen molar-refractivity contribution < 1.29 is 4.74 Å². The Morgan fingerprint density at radius 1 is 1.19 bits per heavy atom. The monoisotopic (exact) mass is 384 g/mol. The van der Waals surface area contributed by atoms with Crippen molar-refractivity contribution in [2.24, 2.45) is 4.99 Å². The van der Waals surface area contributed by atoms with Gasteiger partial charge in [0.1, 0.15) is 12.3 Å². The first-order valence-electron chi connectivity index (χ1n) is 8.12. The van der Waals surface area contributed by atoms with Gasteiger partial charge in [-0.2, -0.15) is 0 Å². The van der Waals surface area contributed by atoms with Crippen LogP contribution in [0.25, 0.3) is 5.69 Å². The second kappa shape index (κ2) is 7.13. The fourth-order valence-electron chi connectivity index (χ4n) is 3.17. The van der Waals surface area contributed by atoms with Crippen molar-refractivity contribution >= 4 is 29.1 Å². The first-order valence-corrected chi connectivity index (χ1v) is 9.88. The summed E-state index contributed by atoms with van der Waals surface area (Å²) in [5.41, 5.74) is 3.80. The molecule has 3 aromatic rings. The smallest absolute Gasteiger partial charge is 0.159 e. The van der Waals surface area contributed by atoms with Crippen LogP contribution in [0.4, 0.5) is 0 Å². The minimum Gasteiger partial charge on any atom is -0.496 e. The molecule has 7 heteroatoms. The van der Waals surface area contributed by atoms with Gasteiger partial charge in [-0.3, -0.25) is 9.56 Å². The summed E-state index contributed by atoms with van der Waals surface area (Å²) < 4.78 is 7.65. The number of thioether (sulfide) groups is 1. The number of nitrogens with zero attached hydrogens (tertiary/aromatic N) is 4. The minimum atomic E-state index is 0.279. The van der Waals surface area contributed by atoms with E-state index in [4.69, 9.17) is 21.3 Å². The van der Waals surface area contributed by atoms with Gasteiger partial charge in [0, 0.05) is 10.5 Å². The summed E-state index contributed by atoms with van der Waals surface area (Å²) in [5.74, 6) is 2.51. The topological polar surface area (TPSA) is 52.3 Å². The number of rotatable bonds is 4. The molecule has 1 aliphatic rings. The van der Waals surface area contributed by atoms with Crippen LogP contribution in [0.5, 0.6) is 5.75 Å². The Kier molecular flexibility index (Phi) is 4.70. The zero-order chi connectivity index (χ0) is 18.1. The lowest BCUT2D eigenvalue weighted by atomic mass is 9.99. The van der Waals surface area contributed by atoms with Crippen molar-refractivity contribution in [1.82, 2.24) is 14.8 Å². The zero-order valence-electron chi connectivity index (χ0n) is 14.4. The molecule has 0 N–H and O–H groups in total. The average molecular weight is 385 g/mol. The van der Waals surface area contributed by atoms with Crippen LogP contribution in [0.3, 0.4) is 0 Å². The molecule has 0 radical (unpaired) electrons. The Hall–Kier alpha value is -2.31. The third kappa shape index (κ3) is 2.79. The van der Waals surface area contributed by atoms with Gasteiger partial charge in [-0.25, -0.2) is 0 Å². The van der Waals surface area contributed by atoms with Crippen molar-refractivity contribution in [1.29, 1.82) is 0 Å². The lowest BCUT2D eigenvalue weighted by Gasteiger charge is -2.16. The van der Waals surface area contributed by atoms with Gasteiger partial charge in [-0.05, 0) is 30.5 Å². The molecule has 0 fully saturated rings. The van der Waals surface area contributed by atoms with Gasteiger partial charge in [0.05, 0.1) is 30.0 Å². The molecule has 0 saturated carbocycles. The first-order chi connectivity index (χ1) is 12.8. The number of methoxy groups -OCH3 is 1. The predicted octanol–water partition coefficient (Wildman–Crippen LogP) is 4.09. The van der Waals surface area contributed by atoms with Gasteiger partial charge in [0.2, 0.25) is 0 Å². The number of fused-ring (bicyclic) bond motifs is 3. The third-order valence-electron chi connectivity index (χ3n) is 4.34. The Morgan fingerprint density at radius 2 is 2.04 bits per heavy atom. The number of hydrogen-bond donors (Lipinski definition) is 0. The SMILES string of the molecule is COc1cccc2c1C(c1cccc(SC)c1)=NCc1nnc(CCl)n1-2. The number of hydrogen-bond acceptors (Lipinski definition) is 5. The molecule has 0 atom stereocenters. The number of alkyl halides is 1. The molecule has 5 nitrogen and oxygen atoms in total. The van der Waals surface area contributed by atoms with Crippen LogP contribution in [-0.2, 0) is 12.4 Å². The highest BCUT2D eigenvalue weighted by Gasteiger charge is 2.25. The molecular weight excluding hydrogens is 368 g/mol. The molecule has 1 aliphatic heterocycles. The fraction of sp³-hybridized carbons (Fsp3) is 0.211. The van der Waals surface area contributed by atoms with Crippen LogP contribution in [0.15, 0.2) is 52.4 Å². The Labute approximate surface area is 161 Å². The molecule has 26 heavy (non-hydrogen) atoms. The molecule has 0 amide bonds. The molecule has 4 rings (SSSR count). The van der Waals surface area contributed by atoms with Crippen LogP contribution in [0, 0.1) is 0 Å². The van der Waals surface area contributed by atoms with E-state index >= 15 is 0 Å². The molecule has 2 aromatic carbocycles. The van der Waals surface area contributed by atoms with Gasteiger partial charge in [-0.15, -0.1) is 33.6 Å². The standard InChI is InChI=1S/C19H17ClN4OS/c1-25-15-8-4-7-14-18(15)19(12-5-3-6-13(9-12)26-2)21-11-17-23-22-16(10-20)24(14)17/h3-9H,10-11H2,1-2H3. The van der Waals surface area contributed by atoms with E-state index < -0.39 is 0 Å². The molecule has 132 valence electrons. The van der Waals surface area contributed by atoms with Crippen molar-refractivity contribution in [2.45, 2.75) is 17.3 Å². The van der Waals surface area contributed by atoms with Crippen molar-refractivity contribution in [3.63, 3.8) is 0 Å². The zero-order valence-corrected chi connectivity index (χ0v) is 16.0. The summed E-state index contributed by atoms with van der Waals surface area (Å²) in [4.78, 5) is 6.06. The van der Waals surface area contributed by atoms with E-state index in [2.05, 4.69) is 34.7 Å². The highest BCUT2D eigenvalue weighted by atomic mass is 35.5.